The highest BCUT2D eigenvalue weighted by atomic mass is 16.4. The molecule has 0 fully saturated rings. The molecule has 5 amide bonds. The molecule has 0 saturated heterocycles. The van der Waals surface area contributed by atoms with E-state index in [1.165, 1.54) is 38.5 Å². The smallest absolute Gasteiger partial charge is 0.303 e. The molecule has 0 unspecified atom stereocenters. The minimum atomic E-state index is -1.02. The van der Waals surface area contributed by atoms with E-state index in [2.05, 4.69) is 40.4 Å². The van der Waals surface area contributed by atoms with Crippen molar-refractivity contribution < 1.29 is 33.9 Å². The average molecular weight is 626 g/mol. The minimum Gasteiger partial charge on any atom is -0.481 e. The van der Waals surface area contributed by atoms with Gasteiger partial charge in [0.2, 0.25) is 29.5 Å². The molecule has 0 aromatic carbocycles. The van der Waals surface area contributed by atoms with Gasteiger partial charge < -0.3 is 31.7 Å². The van der Waals surface area contributed by atoms with Crippen molar-refractivity contribution in [1.29, 1.82) is 0 Å². The largest absolute Gasteiger partial charge is 0.481 e. The minimum absolute atomic E-state index is 0.0107. The molecule has 12 nitrogen and oxygen atoms in total. The Kier molecular flexibility index (Phi) is 26.5. The molecule has 0 aromatic heterocycles. The molecule has 1 atom stereocenters. The van der Waals surface area contributed by atoms with Gasteiger partial charge in [0, 0.05) is 58.3 Å². The average Bonchev–Trinajstić information content (AvgIpc) is 2.98. The summed E-state index contributed by atoms with van der Waals surface area (Å²) in [5.41, 5.74) is 0. The fourth-order valence-electron chi connectivity index (χ4n) is 4.48. The van der Waals surface area contributed by atoms with E-state index in [0.717, 1.165) is 38.5 Å². The van der Waals surface area contributed by atoms with Crippen molar-refractivity contribution in [3.8, 4) is 0 Å². The van der Waals surface area contributed by atoms with Gasteiger partial charge in [-0.05, 0) is 25.7 Å². The molecule has 0 aromatic rings. The monoisotopic (exact) mass is 625 g/mol. The fourth-order valence-corrected chi connectivity index (χ4v) is 4.48. The maximum atomic E-state index is 12.8. The maximum Gasteiger partial charge on any atom is 0.303 e. The first-order chi connectivity index (χ1) is 21.2. The lowest BCUT2D eigenvalue weighted by Gasteiger charge is -2.18. The summed E-state index contributed by atoms with van der Waals surface area (Å²) in [6, 6.07) is -1.02. The third-order valence-corrected chi connectivity index (χ3v) is 7.14. The predicted octanol–water partition coefficient (Wildman–Crippen LogP) is 3.47. The van der Waals surface area contributed by atoms with Crippen molar-refractivity contribution in [2.45, 2.75) is 142 Å². The molecule has 0 radical (unpaired) electrons. The van der Waals surface area contributed by atoms with E-state index < -0.39 is 23.8 Å². The Labute approximate surface area is 264 Å². The van der Waals surface area contributed by atoms with Crippen LogP contribution in [0.4, 0.5) is 0 Å². The van der Waals surface area contributed by atoms with Crippen LogP contribution in [0, 0.1) is 0 Å². The first kappa shape index (κ1) is 40.8. The molecular weight excluding hydrogens is 566 g/mol. The van der Waals surface area contributed by atoms with Gasteiger partial charge in [-0.1, -0.05) is 78.1 Å². The predicted molar refractivity (Wildman–Crippen MR) is 171 cm³/mol. The molecule has 254 valence electrons. The van der Waals surface area contributed by atoms with Crippen LogP contribution in [-0.4, -0.2) is 72.8 Å². The highest BCUT2D eigenvalue weighted by Gasteiger charge is 2.22. The van der Waals surface area contributed by atoms with E-state index >= 15 is 0 Å². The van der Waals surface area contributed by atoms with Crippen LogP contribution < -0.4 is 26.6 Å². The summed E-state index contributed by atoms with van der Waals surface area (Å²) in [7, 11) is 0. The Morgan fingerprint density at radius 2 is 0.932 bits per heavy atom. The van der Waals surface area contributed by atoms with Crippen molar-refractivity contribution >= 4 is 35.5 Å². The van der Waals surface area contributed by atoms with Crippen LogP contribution in [0.25, 0.3) is 0 Å². The molecule has 12 heteroatoms. The number of carboxylic acids is 1. The highest BCUT2D eigenvalue weighted by molar-refractivity contribution is 5.89. The Morgan fingerprint density at radius 3 is 1.45 bits per heavy atom. The van der Waals surface area contributed by atoms with Crippen LogP contribution >= 0.6 is 0 Å². The van der Waals surface area contributed by atoms with Crippen molar-refractivity contribution in [3.63, 3.8) is 0 Å². The molecule has 0 saturated carbocycles. The summed E-state index contributed by atoms with van der Waals surface area (Å²) < 4.78 is 0. The summed E-state index contributed by atoms with van der Waals surface area (Å²) >= 11 is 0. The summed E-state index contributed by atoms with van der Waals surface area (Å²) in [6.45, 7) is 5.77. The Balaban J connectivity index is 4.48. The van der Waals surface area contributed by atoms with Crippen molar-refractivity contribution in [2.75, 3.05) is 26.2 Å². The molecule has 0 aliphatic rings. The van der Waals surface area contributed by atoms with E-state index in [9.17, 15) is 28.8 Å². The van der Waals surface area contributed by atoms with Gasteiger partial charge in [-0.15, -0.1) is 0 Å². The van der Waals surface area contributed by atoms with E-state index in [-0.39, 0.29) is 75.8 Å². The molecule has 0 heterocycles. The molecule has 0 rings (SSSR count). The van der Waals surface area contributed by atoms with Gasteiger partial charge in [-0.25, -0.2) is 0 Å². The van der Waals surface area contributed by atoms with Gasteiger partial charge in [0.15, 0.2) is 0 Å². The zero-order valence-corrected chi connectivity index (χ0v) is 27.2. The number of hydrogen-bond acceptors (Lipinski definition) is 6. The quantitative estimate of drug-likeness (QED) is 0.0688. The van der Waals surface area contributed by atoms with Crippen molar-refractivity contribution in [2.24, 2.45) is 0 Å². The van der Waals surface area contributed by atoms with Crippen molar-refractivity contribution in [1.82, 2.24) is 26.6 Å². The van der Waals surface area contributed by atoms with E-state index in [1.54, 1.807) is 0 Å². The molecule has 6 N–H and O–H groups in total. The lowest BCUT2D eigenvalue weighted by molar-refractivity contribution is -0.137. The fraction of sp³-hybridized carbons (Fsp3) is 0.812. The SMILES string of the molecule is CCCCCCCCNC(=O)CCNC(=O)CC[C@H](NC(=O)CCCC(=O)O)C(=O)NCCC(=O)NCCCCCCCC. The number of carboxylic acid groups (broad SMARTS) is 1. The normalized spacial score (nSPS) is 11.3. The topological polar surface area (TPSA) is 183 Å². The lowest BCUT2D eigenvalue weighted by Crippen LogP contribution is -2.48. The van der Waals surface area contributed by atoms with Crippen LogP contribution in [0.1, 0.15) is 136 Å². The number of hydrogen-bond donors (Lipinski definition) is 6. The first-order valence-corrected chi connectivity index (χ1v) is 16.8. The standard InChI is InChI=1S/C32H59N5O7/c1-3-5-7-9-11-13-22-33-28(39)20-24-35-27(38)19-18-26(37-30(41)16-15-17-31(42)43)32(44)36-25-21-29(40)34-23-14-12-10-8-6-4-2/h26H,3-25H2,1-2H3,(H,33,39)(H,34,40)(H,35,38)(H,36,44)(H,37,41)(H,42,43)/t26-/m0/s1. The second-order valence-corrected chi connectivity index (χ2v) is 11.3. The molecule has 0 spiro atoms. The van der Waals surface area contributed by atoms with Crippen LogP contribution in [0.15, 0.2) is 0 Å². The Hall–Kier alpha value is -3.18. The number of rotatable bonds is 29. The van der Waals surface area contributed by atoms with Gasteiger partial charge in [-0.2, -0.15) is 0 Å². The van der Waals surface area contributed by atoms with E-state index in [4.69, 9.17) is 5.11 Å². The zero-order valence-electron chi connectivity index (χ0n) is 27.2. The van der Waals surface area contributed by atoms with Crippen molar-refractivity contribution in [3.05, 3.63) is 0 Å². The third-order valence-electron chi connectivity index (χ3n) is 7.14. The number of aliphatic carboxylic acids is 1. The van der Waals surface area contributed by atoms with E-state index in [1.807, 2.05) is 0 Å². The number of unbranched alkanes of at least 4 members (excludes halogenated alkanes) is 10. The summed E-state index contributed by atoms with van der Waals surface area (Å²) in [6.07, 6.45) is 13.6. The van der Waals surface area contributed by atoms with Gasteiger partial charge >= 0.3 is 5.97 Å². The highest BCUT2D eigenvalue weighted by Crippen LogP contribution is 2.05. The van der Waals surface area contributed by atoms with Crippen LogP contribution in [-0.2, 0) is 28.8 Å². The van der Waals surface area contributed by atoms with Gasteiger partial charge in [-0.3, -0.25) is 28.8 Å². The number of nitrogens with one attached hydrogen (secondary N) is 5. The third kappa shape index (κ3) is 26.4. The summed E-state index contributed by atoms with van der Waals surface area (Å²) in [5, 5.41) is 22.4. The van der Waals surface area contributed by atoms with Crippen LogP contribution in [0.2, 0.25) is 0 Å². The first-order valence-electron chi connectivity index (χ1n) is 16.8. The number of carbonyl (C=O) groups excluding carboxylic acids is 5. The lowest BCUT2D eigenvalue weighted by atomic mass is 10.1. The van der Waals surface area contributed by atoms with E-state index in [0.29, 0.717) is 13.1 Å². The van der Waals surface area contributed by atoms with Crippen LogP contribution in [0.3, 0.4) is 0 Å². The second kappa shape index (κ2) is 28.6. The second-order valence-electron chi connectivity index (χ2n) is 11.3. The van der Waals surface area contributed by atoms with Gasteiger partial charge in [0.1, 0.15) is 6.04 Å². The Bertz CT molecular complexity index is 838. The number of amides is 5. The molecule has 44 heavy (non-hydrogen) atoms. The van der Waals surface area contributed by atoms with Gasteiger partial charge in [0.25, 0.3) is 0 Å². The summed E-state index contributed by atoms with van der Waals surface area (Å²) in [4.78, 5) is 72.3. The number of carbonyl (C=O) groups is 6. The molecule has 0 bridgehead atoms. The van der Waals surface area contributed by atoms with Gasteiger partial charge in [0.05, 0.1) is 0 Å². The zero-order chi connectivity index (χ0) is 32.8. The molecule has 0 aliphatic carbocycles. The summed E-state index contributed by atoms with van der Waals surface area (Å²) in [5.74, 6) is -2.72. The molecule has 0 aliphatic heterocycles. The Morgan fingerprint density at radius 1 is 0.477 bits per heavy atom. The van der Waals surface area contributed by atoms with Crippen LogP contribution in [0.5, 0.6) is 0 Å². The maximum absolute atomic E-state index is 12.8. The molecular formula is C32H59N5O7.